The quantitative estimate of drug-likeness (QED) is 0.485. The third-order valence-electron chi connectivity index (χ3n) is 5.02. The summed E-state index contributed by atoms with van der Waals surface area (Å²) in [5.74, 6) is 0. The van der Waals surface area contributed by atoms with E-state index in [1.54, 1.807) is 0 Å². The predicted octanol–water partition coefficient (Wildman–Crippen LogP) is 6.68. The zero-order chi connectivity index (χ0) is 19.0. The number of benzene rings is 3. The second kappa shape index (κ2) is 6.92. The molecule has 0 N–H and O–H groups in total. The van der Waals surface area contributed by atoms with E-state index in [1.165, 1.54) is 44.5 Å². The number of hydrogen-bond donors (Lipinski definition) is 0. The van der Waals surface area contributed by atoms with Crippen LogP contribution in [0.2, 0.25) is 0 Å². The van der Waals surface area contributed by atoms with Crippen LogP contribution in [-0.2, 0) is 0 Å². The fraction of sp³-hybridized carbons (Fsp3) is 0.240. The lowest BCUT2D eigenvalue weighted by Crippen LogP contribution is -1.95. The molecule has 0 amide bonds. The van der Waals surface area contributed by atoms with Gasteiger partial charge in [0.05, 0.1) is 0 Å². The molecule has 0 spiro atoms. The highest BCUT2D eigenvalue weighted by atomic mass is 16.1. The van der Waals surface area contributed by atoms with Gasteiger partial charge < -0.3 is 0 Å². The Bertz CT molecular complexity index is 887. The Morgan fingerprint density at radius 3 is 1.19 bits per heavy atom. The monoisotopic (exact) mass is 342 g/mol. The van der Waals surface area contributed by atoms with Crippen LogP contribution < -0.4 is 0 Å². The smallest absolute Gasteiger partial charge is 0.150 e. The Labute approximate surface area is 156 Å². The molecule has 0 bridgehead atoms. The first-order valence-electron chi connectivity index (χ1n) is 9.07. The fourth-order valence-electron chi connectivity index (χ4n) is 4.28. The van der Waals surface area contributed by atoms with E-state index in [0.717, 1.165) is 23.0 Å². The standard InChI is InChI=1S/C25H26O/c1-15-7-17(3)24(18(4)8-15)22-11-21(14-26)12-23(13-22)25-19(5)9-16(2)10-20(25)6/h7-14H,1-6H3. The maximum absolute atomic E-state index is 11.6. The van der Waals surface area contributed by atoms with Crippen LogP contribution in [0.15, 0.2) is 42.5 Å². The van der Waals surface area contributed by atoms with Gasteiger partial charge >= 0.3 is 0 Å². The summed E-state index contributed by atoms with van der Waals surface area (Å²) in [5, 5.41) is 0. The van der Waals surface area contributed by atoms with Crippen molar-refractivity contribution in [3.63, 3.8) is 0 Å². The van der Waals surface area contributed by atoms with Crippen LogP contribution in [0.25, 0.3) is 22.3 Å². The molecule has 3 aromatic rings. The van der Waals surface area contributed by atoms with Gasteiger partial charge in [0, 0.05) is 5.56 Å². The van der Waals surface area contributed by atoms with Crippen molar-refractivity contribution in [3.8, 4) is 22.3 Å². The second-order valence-electron chi connectivity index (χ2n) is 7.51. The Balaban J connectivity index is 2.29. The molecule has 132 valence electrons. The first kappa shape index (κ1) is 18.1. The molecule has 0 aromatic heterocycles. The Hall–Kier alpha value is -2.67. The SMILES string of the molecule is Cc1cc(C)c(-c2cc(C=O)cc(-c3c(C)cc(C)cc3C)c2)c(C)c1. The molecule has 0 heterocycles. The van der Waals surface area contributed by atoms with E-state index in [1.807, 2.05) is 12.1 Å². The van der Waals surface area contributed by atoms with Crippen molar-refractivity contribution < 1.29 is 4.79 Å². The molecule has 1 heteroatoms. The van der Waals surface area contributed by atoms with E-state index in [9.17, 15) is 4.79 Å². The highest BCUT2D eigenvalue weighted by Gasteiger charge is 2.13. The van der Waals surface area contributed by atoms with Gasteiger partial charge in [0.1, 0.15) is 6.29 Å². The summed E-state index contributed by atoms with van der Waals surface area (Å²) >= 11 is 0. The Kier molecular flexibility index (Phi) is 4.82. The molecule has 0 saturated heterocycles. The summed E-state index contributed by atoms with van der Waals surface area (Å²) in [6.07, 6.45) is 0.949. The van der Waals surface area contributed by atoms with E-state index in [-0.39, 0.29) is 0 Å². The molecule has 0 saturated carbocycles. The lowest BCUT2D eigenvalue weighted by molar-refractivity contribution is 0.112. The number of aldehydes is 1. The summed E-state index contributed by atoms with van der Waals surface area (Å²) in [6.45, 7) is 12.8. The first-order chi connectivity index (χ1) is 12.3. The molecule has 0 aliphatic rings. The van der Waals surface area contributed by atoms with E-state index in [2.05, 4.69) is 71.9 Å². The molecule has 0 radical (unpaired) electrons. The van der Waals surface area contributed by atoms with Gasteiger partial charge in [0.15, 0.2) is 0 Å². The molecule has 26 heavy (non-hydrogen) atoms. The van der Waals surface area contributed by atoms with Gasteiger partial charge in [0.25, 0.3) is 0 Å². The number of rotatable bonds is 3. The topological polar surface area (TPSA) is 17.1 Å². The van der Waals surface area contributed by atoms with Gasteiger partial charge in [-0.2, -0.15) is 0 Å². The van der Waals surface area contributed by atoms with Crippen molar-refractivity contribution in [3.05, 3.63) is 81.4 Å². The third kappa shape index (κ3) is 3.35. The molecule has 0 fully saturated rings. The molecule has 0 aliphatic carbocycles. The van der Waals surface area contributed by atoms with E-state index >= 15 is 0 Å². The maximum Gasteiger partial charge on any atom is 0.150 e. The maximum atomic E-state index is 11.6. The fourth-order valence-corrected chi connectivity index (χ4v) is 4.28. The highest BCUT2D eigenvalue weighted by molar-refractivity contribution is 5.87. The number of aryl methyl sites for hydroxylation is 6. The predicted molar refractivity (Wildman–Crippen MR) is 111 cm³/mol. The van der Waals surface area contributed by atoms with Crippen molar-refractivity contribution in [2.75, 3.05) is 0 Å². The summed E-state index contributed by atoms with van der Waals surface area (Å²) in [6, 6.07) is 15.0. The van der Waals surface area contributed by atoms with Gasteiger partial charge in [-0.1, -0.05) is 35.4 Å². The van der Waals surface area contributed by atoms with Crippen molar-refractivity contribution in [2.24, 2.45) is 0 Å². The van der Waals surface area contributed by atoms with Crippen molar-refractivity contribution in [1.29, 1.82) is 0 Å². The van der Waals surface area contributed by atoms with Crippen LogP contribution in [0, 0.1) is 41.5 Å². The molecule has 1 nitrogen and oxygen atoms in total. The molecule has 3 aromatic carbocycles. The highest BCUT2D eigenvalue weighted by Crippen LogP contribution is 2.35. The van der Waals surface area contributed by atoms with E-state index in [0.29, 0.717) is 0 Å². The molecular formula is C25H26O. The zero-order valence-electron chi connectivity index (χ0n) is 16.5. The van der Waals surface area contributed by atoms with Crippen LogP contribution in [0.1, 0.15) is 43.7 Å². The molecular weight excluding hydrogens is 316 g/mol. The molecule has 0 unspecified atom stereocenters. The van der Waals surface area contributed by atoms with Crippen LogP contribution >= 0.6 is 0 Å². The minimum atomic E-state index is 0.719. The molecule has 0 atom stereocenters. The zero-order valence-corrected chi connectivity index (χ0v) is 16.5. The number of carbonyl (C=O) groups is 1. The third-order valence-corrected chi connectivity index (χ3v) is 5.02. The van der Waals surface area contributed by atoms with E-state index < -0.39 is 0 Å². The average molecular weight is 342 g/mol. The van der Waals surface area contributed by atoms with Crippen LogP contribution in [0.4, 0.5) is 0 Å². The average Bonchev–Trinajstić information content (AvgIpc) is 2.52. The van der Waals surface area contributed by atoms with Gasteiger partial charge in [-0.15, -0.1) is 0 Å². The Morgan fingerprint density at radius 2 is 0.885 bits per heavy atom. The Morgan fingerprint density at radius 1 is 0.538 bits per heavy atom. The minimum absolute atomic E-state index is 0.719. The van der Waals surface area contributed by atoms with Crippen molar-refractivity contribution in [1.82, 2.24) is 0 Å². The summed E-state index contributed by atoms with van der Waals surface area (Å²) in [4.78, 5) is 11.6. The second-order valence-corrected chi connectivity index (χ2v) is 7.51. The lowest BCUT2D eigenvalue weighted by atomic mass is 9.88. The van der Waals surface area contributed by atoms with Crippen LogP contribution in [-0.4, -0.2) is 6.29 Å². The first-order valence-corrected chi connectivity index (χ1v) is 9.07. The van der Waals surface area contributed by atoms with Gasteiger partial charge in [0.2, 0.25) is 0 Å². The number of carbonyl (C=O) groups excluding carboxylic acids is 1. The summed E-state index contributed by atoms with van der Waals surface area (Å²) < 4.78 is 0. The normalized spacial score (nSPS) is 10.8. The summed E-state index contributed by atoms with van der Waals surface area (Å²) in [5.41, 5.74) is 12.9. The lowest BCUT2D eigenvalue weighted by Gasteiger charge is -2.16. The molecule has 0 aliphatic heterocycles. The summed E-state index contributed by atoms with van der Waals surface area (Å²) in [7, 11) is 0. The van der Waals surface area contributed by atoms with Crippen LogP contribution in [0.5, 0.6) is 0 Å². The van der Waals surface area contributed by atoms with Crippen LogP contribution in [0.3, 0.4) is 0 Å². The van der Waals surface area contributed by atoms with Gasteiger partial charge in [-0.05, 0) is 104 Å². The van der Waals surface area contributed by atoms with Crippen molar-refractivity contribution >= 4 is 6.29 Å². The minimum Gasteiger partial charge on any atom is -0.298 e. The molecule has 3 rings (SSSR count). The number of hydrogen-bond acceptors (Lipinski definition) is 1. The largest absolute Gasteiger partial charge is 0.298 e. The van der Waals surface area contributed by atoms with E-state index in [4.69, 9.17) is 0 Å². The van der Waals surface area contributed by atoms with Gasteiger partial charge in [-0.3, -0.25) is 4.79 Å². The van der Waals surface area contributed by atoms with Gasteiger partial charge in [-0.25, -0.2) is 0 Å². The van der Waals surface area contributed by atoms with Crippen molar-refractivity contribution in [2.45, 2.75) is 41.5 Å².